The number of aromatic nitrogens is 1. The van der Waals surface area contributed by atoms with Gasteiger partial charge in [-0.3, -0.25) is 4.79 Å². The van der Waals surface area contributed by atoms with E-state index < -0.39 is 0 Å². The zero-order valence-corrected chi connectivity index (χ0v) is 14.1. The number of carbonyl (C=O) groups excluding carboxylic acids is 1. The Balaban J connectivity index is 1.79. The van der Waals surface area contributed by atoms with Gasteiger partial charge in [0.1, 0.15) is 0 Å². The summed E-state index contributed by atoms with van der Waals surface area (Å²) in [4.78, 5) is 12.5. The van der Waals surface area contributed by atoms with E-state index in [9.17, 15) is 4.79 Å². The molecule has 2 heterocycles. The first-order chi connectivity index (χ1) is 11.1. The first kappa shape index (κ1) is 15.8. The lowest BCUT2D eigenvalue weighted by Gasteiger charge is -2.27. The summed E-state index contributed by atoms with van der Waals surface area (Å²) in [6.45, 7) is 9.04. The highest BCUT2D eigenvalue weighted by Crippen LogP contribution is 2.25. The minimum atomic E-state index is 0.0384. The molecule has 1 unspecified atom stereocenters. The molecule has 1 aromatic heterocycles. The fourth-order valence-electron chi connectivity index (χ4n) is 3.31. The summed E-state index contributed by atoms with van der Waals surface area (Å²) in [7, 11) is 0. The molecule has 1 atom stereocenters. The smallest absolute Gasteiger partial charge is 0.253 e. The van der Waals surface area contributed by atoms with Crippen molar-refractivity contribution in [1.29, 1.82) is 0 Å². The molecular formula is C19H25N3O. The van der Waals surface area contributed by atoms with Crippen molar-refractivity contribution in [3.63, 3.8) is 0 Å². The van der Waals surface area contributed by atoms with Crippen LogP contribution in [0.5, 0.6) is 0 Å². The summed E-state index contributed by atoms with van der Waals surface area (Å²) >= 11 is 0. The van der Waals surface area contributed by atoms with Gasteiger partial charge in [0.25, 0.3) is 5.91 Å². The van der Waals surface area contributed by atoms with Gasteiger partial charge >= 0.3 is 0 Å². The topological polar surface area (TPSA) is 46.1 Å². The van der Waals surface area contributed by atoms with Gasteiger partial charge in [-0.05, 0) is 32.4 Å². The summed E-state index contributed by atoms with van der Waals surface area (Å²) < 4.78 is 2.25. The molecule has 2 N–H and O–H groups in total. The van der Waals surface area contributed by atoms with E-state index in [1.807, 2.05) is 19.1 Å². The highest BCUT2D eigenvalue weighted by Gasteiger charge is 2.21. The summed E-state index contributed by atoms with van der Waals surface area (Å²) in [6, 6.07) is 12.6. The molecule has 0 bridgehead atoms. The first-order valence-electron chi connectivity index (χ1n) is 8.30. The number of nitrogens with zero attached hydrogens (tertiary/aromatic N) is 1. The van der Waals surface area contributed by atoms with Gasteiger partial charge in [0.05, 0.1) is 11.6 Å². The van der Waals surface area contributed by atoms with E-state index in [4.69, 9.17) is 0 Å². The van der Waals surface area contributed by atoms with Gasteiger partial charge in [-0.15, -0.1) is 0 Å². The Morgan fingerprint density at radius 3 is 2.61 bits per heavy atom. The van der Waals surface area contributed by atoms with Gasteiger partial charge in [-0.1, -0.05) is 30.3 Å². The Labute approximate surface area is 137 Å². The lowest BCUT2D eigenvalue weighted by Crippen LogP contribution is -2.48. The molecule has 4 nitrogen and oxygen atoms in total. The van der Waals surface area contributed by atoms with Gasteiger partial charge in [0, 0.05) is 36.9 Å². The average Bonchev–Trinajstić information content (AvgIpc) is 2.81. The Morgan fingerprint density at radius 1 is 1.30 bits per heavy atom. The fraction of sp³-hybridized carbons (Fsp3) is 0.421. The van der Waals surface area contributed by atoms with Crippen LogP contribution in [0.1, 0.15) is 40.3 Å². The van der Waals surface area contributed by atoms with Crippen LogP contribution in [0.2, 0.25) is 0 Å². The highest BCUT2D eigenvalue weighted by molar-refractivity contribution is 5.95. The van der Waals surface area contributed by atoms with E-state index in [1.54, 1.807) is 0 Å². The van der Waals surface area contributed by atoms with Gasteiger partial charge in [0.15, 0.2) is 0 Å². The van der Waals surface area contributed by atoms with Gasteiger partial charge in [-0.25, -0.2) is 0 Å². The van der Waals surface area contributed by atoms with E-state index in [0.717, 1.165) is 36.6 Å². The second kappa shape index (κ2) is 6.59. The summed E-state index contributed by atoms with van der Waals surface area (Å²) in [6.07, 6.45) is 0. The zero-order chi connectivity index (χ0) is 16.4. The van der Waals surface area contributed by atoms with Crippen LogP contribution in [-0.4, -0.2) is 30.1 Å². The number of nitrogens with one attached hydrogen (secondary N) is 2. The Hall–Kier alpha value is -2.07. The molecule has 23 heavy (non-hydrogen) atoms. The molecule has 4 heteroatoms. The number of hydrogen-bond donors (Lipinski definition) is 2. The quantitative estimate of drug-likeness (QED) is 0.892. The maximum absolute atomic E-state index is 12.5. The third kappa shape index (κ3) is 3.17. The monoisotopic (exact) mass is 311 g/mol. The largest absolute Gasteiger partial charge is 0.352 e. The minimum Gasteiger partial charge on any atom is -0.352 e. The van der Waals surface area contributed by atoms with Crippen LogP contribution in [-0.2, 0) is 0 Å². The molecule has 1 fully saturated rings. The molecule has 1 saturated heterocycles. The number of hydrogen-bond acceptors (Lipinski definition) is 2. The maximum atomic E-state index is 12.5. The predicted molar refractivity (Wildman–Crippen MR) is 92.9 cm³/mol. The summed E-state index contributed by atoms with van der Waals surface area (Å²) in [5, 5.41) is 6.30. The van der Waals surface area contributed by atoms with Crippen molar-refractivity contribution >= 4 is 5.91 Å². The van der Waals surface area contributed by atoms with Crippen molar-refractivity contribution in [2.75, 3.05) is 19.6 Å². The molecular weight excluding hydrogens is 286 g/mol. The number of amides is 1. The summed E-state index contributed by atoms with van der Waals surface area (Å²) in [5.74, 6) is 0.613. The second-order valence-electron chi connectivity index (χ2n) is 6.48. The van der Waals surface area contributed by atoms with Crippen LogP contribution in [0.25, 0.3) is 0 Å². The molecule has 0 saturated carbocycles. The molecule has 0 aliphatic carbocycles. The lowest BCUT2D eigenvalue weighted by molar-refractivity contribution is 0.0941. The first-order valence-corrected chi connectivity index (χ1v) is 8.30. The maximum Gasteiger partial charge on any atom is 0.253 e. The molecule has 122 valence electrons. The van der Waals surface area contributed by atoms with Crippen molar-refractivity contribution in [2.45, 2.75) is 26.8 Å². The highest BCUT2D eigenvalue weighted by atomic mass is 16.1. The van der Waals surface area contributed by atoms with Crippen molar-refractivity contribution < 1.29 is 4.79 Å². The van der Waals surface area contributed by atoms with Crippen LogP contribution >= 0.6 is 0 Å². The second-order valence-corrected chi connectivity index (χ2v) is 6.48. The van der Waals surface area contributed by atoms with E-state index >= 15 is 0 Å². The molecule has 1 aliphatic heterocycles. The SMILES string of the molecule is Cc1cc(C(=O)NCC2CNC2)c(C)n1C(C)c1ccccc1. The molecule has 3 rings (SSSR count). The van der Waals surface area contributed by atoms with E-state index in [-0.39, 0.29) is 11.9 Å². The van der Waals surface area contributed by atoms with Gasteiger partial charge in [-0.2, -0.15) is 0 Å². The fourth-order valence-corrected chi connectivity index (χ4v) is 3.31. The zero-order valence-electron chi connectivity index (χ0n) is 14.1. The summed E-state index contributed by atoms with van der Waals surface area (Å²) in [5.41, 5.74) is 4.19. The van der Waals surface area contributed by atoms with E-state index in [1.165, 1.54) is 5.56 Å². The molecule has 2 aromatic rings. The van der Waals surface area contributed by atoms with Crippen LogP contribution in [0, 0.1) is 19.8 Å². The Bertz CT molecular complexity index is 686. The molecule has 1 aromatic carbocycles. The Kier molecular flexibility index (Phi) is 4.53. The number of aryl methyl sites for hydroxylation is 1. The van der Waals surface area contributed by atoms with Crippen LogP contribution in [0.15, 0.2) is 36.4 Å². The van der Waals surface area contributed by atoms with E-state index in [0.29, 0.717) is 5.92 Å². The van der Waals surface area contributed by atoms with Crippen molar-refractivity contribution in [2.24, 2.45) is 5.92 Å². The molecule has 0 radical (unpaired) electrons. The number of carbonyl (C=O) groups is 1. The van der Waals surface area contributed by atoms with Gasteiger partial charge in [0.2, 0.25) is 0 Å². The van der Waals surface area contributed by atoms with Crippen molar-refractivity contribution in [1.82, 2.24) is 15.2 Å². The third-order valence-electron chi connectivity index (χ3n) is 4.82. The van der Waals surface area contributed by atoms with E-state index in [2.05, 4.69) is 53.3 Å². The lowest BCUT2D eigenvalue weighted by atomic mass is 10.0. The normalized spacial score (nSPS) is 16.0. The number of benzene rings is 1. The van der Waals surface area contributed by atoms with Crippen LogP contribution < -0.4 is 10.6 Å². The Morgan fingerprint density at radius 2 is 2.00 bits per heavy atom. The van der Waals surface area contributed by atoms with Crippen molar-refractivity contribution in [3.05, 3.63) is 58.9 Å². The molecule has 0 spiro atoms. The van der Waals surface area contributed by atoms with Crippen molar-refractivity contribution in [3.8, 4) is 0 Å². The minimum absolute atomic E-state index is 0.0384. The molecule has 1 aliphatic rings. The van der Waals surface area contributed by atoms with Crippen LogP contribution in [0.3, 0.4) is 0 Å². The predicted octanol–water partition coefficient (Wildman–Crippen LogP) is 2.66. The van der Waals surface area contributed by atoms with Crippen LogP contribution in [0.4, 0.5) is 0 Å². The third-order valence-corrected chi connectivity index (χ3v) is 4.82. The average molecular weight is 311 g/mol. The molecule has 1 amide bonds. The number of rotatable bonds is 5. The standard InChI is InChI=1S/C19H25N3O/c1-13-9-18(19(23)21-12-16-10-20-11-16)15(3)22(13)14(2)17-7-5-4-6-8-17/h4-9,14,16,20H,10-12H2,1-3H3,(H,21,23). The van der Waals surface area contributed by atoms with Gasteiger partial charge < -0.3 is 15.2 Å².